The maximum Gasteiger partial charge on any atom is 0.276 e. The monoisotopic (exact) mass is 404 g/mol. The number of fused-ring (bicyclic) bond motifs is 2. The van der Waals surface area contributed by atoms with E-state index in [1.807, 2.05) is 12.1 Å². The fourth-order valence-electron chi connectivity index (χ4n) is 4.20. The Kier molecular flexibility index (Phi) is 4.58. The molecule has 1 aliphatic heterocycles. The predicted molar refractivity (Wildman–Crippen MR) is 110 cm³/mol. The molecule has 152 valence electrons. The zero-order valence-electron chi connectivity index (χ0n) is 16.4. The Balaban J connectivity index is 1.31. The summed E-state index contributed by atoms with van der Waals surface area (Å²) < 4.78 is 15.0. The Morgan fingerprint density at radius 3 is 2.80 bits per heavy atom. The summed E-state index contributed by atoms with van der Waals surface area (Å²) in [5.41, 5.74) is 4.68. The Bertz CT molecular complexity index is 1150. The minimum absolute atomic E-state index is 0.213. The number of hydrogen-bond donors (Lipinski definition) is 1. The number of carbonyl (C=O) groups is 2. The second kappa shape index (κ2) is 7.40. The number of carbonyl (C=O) groups excluding carboxylic acids is 2. The molecule has 0 saturated heterocycles. The van der Waals surface area contributed by atoms with Crippen molar-refractivity contribution in [3.8, 4) is 0 Å². The van der Waals surface area contributed by atoms with Crippen molar-refractivity contribution >= 4 is 17.5 Å². The van der Waals surface area contributed by atoms with Crippen LogP contribution in [0.4, 0.5) is 10.1 Å². The lowest BCUT2D eigenvalue weighted by Crippen LogP contribution is -2.39. The Labute approximate surface area is 173 Å². The molecule has 0 radical (unpaired) electrons. The molecule has 0 atom stereocenters. The number of benzene rings is 2. The van der Waals surface area contributed by atoms with E-state index >= 15 is 0 Å². The van der Waals surface area contributed by atoms with Gasteiger partial charge in [0, 0.05) is 24.8 Å². The molecule has 0 unspecified atom stereocenters. The van der Waals surface area contributed by atoms with Crippen molar-refractivity contribution in [1.29, 1.82) is 0 Å². The van der Waals surface area contributed by atoms with E-state index in [0.29, 0.717) is 25.3 Å². The maximum absolute atomic E-state index is 13.4. The Morgan fingerprint density at radius 2 is 1.93 bits per heavy atom. The highest BCUT2D eigenvalue weighted by molar-refractivity contribution is 6.04. The summed E-state index contributed by atoms with van der Waals surface area (Å²) in [6.45, 7) is 1.26. The van der Waals surface area contributed by atoms with Crippen LogP contribution in [0, 0.1) is 5.82 Å². The second-order valence-electron chi connectivity index (χ2n) is 7.79. The highest BCUT2D eigenvalue weighted by atomic mass is 19.1. The molecule has 1 aliphatic carbocycles. The van der Waals surface area contributed by atoms with E-state index in [1.54, 1.807) is 21.7 Å². The van der Waals surface area contributed by atoms with Crippen molar-refractivity contribution in [2.24, 2.45) is 0 Å². The molecule has 6 nitrogen and oxygen atoms in total. The number of nitrogens with zero attached hydrogens (tertiary/aromatic N) is 3. The van der Waals surface area contributed by atoms with Crippen LogP contribution in [0.5, 0.6) is 0 Å². The summed E-state index contributed by atoms with van der Waals surface area (Å²) in [5.74, 6) is -0.874. The normalized spacial score (nSPS) is 15.1. The summed E-state index contributed by atoms with van der Waals surface area (Å²) in [5, 5.41) is 7.21. The highest BCUT2D eigenvalue weighted by Gasteiger charge is 2.28. The smallest absolute Gasteiger partial charge is 0.276 e. The van der Waals surface area contributed by atoms with E-state index in [2.05, 4.69) is 16.5 Å². The number of halogens is 1. The molecule has 0 saturated carbocycles. The maximum atomic E-state index is 13.4. The van der Waals surface area contributed by atoms with Gasteiger partial charge in [-0.25, -0.2) is 4.39 Å². The van der Waals surface area contributed by atoms with Crippen LogP contribution in [0.25, 0.3) is 0 Å². The zero-order chi connectivity index (χ0) is 20.7. The minimum Gasteiger partial charge on any atom is -0.331 e. The number of hydrogen-bond acceptors (Lipinski definition) is 3. The van der Waals surface area contributed by atoms with Gasteiger partial charge < -0.3 is 10.2 Å². The summed E-state index contributed by atoms with van der Waals surface area (Å²) in [7, 11) is 0. The molecule has 1 aromatic heterocycles. The molecule has 30 heavy (non-hydrogen) atoms. The van der Waals surface area contributed by atoms with Crippen LogP contribution in [0.1, 0.15) is 44.1 Å². The van der Waals surface area contributed by atoms with E-state index in [4.69, 9.17) is 0 Å². The lowest BCUT2D eigenvalue weighted by atomic mass is 10.1. The van der Waals surface area contributed by atoms with Gasteiger partial charge in [0.1, 0.15) is 11.5 Å². The molecular weight excluding hydrogens is 383 g/mol. The topological polar surface area (TPSA) is 67.2 Å². The van der Waals surface area contributed by atoms with Crippen molar-refractivity contribution < 1.29 is 14.0 Å². The number of aryl methyl sites for hydroxylation is 2. The predicted octanol–water partition coefficient (Wildman–Crippen LogP) is 3.42. The quantitative estimate of drug-likeness (QED) is 0.725. The first-order valence-electron chi connectivity index (χ1n) is 10.1. The molecule has 2 aliphatic rings. The van der Waals surface area contributed by atoms with Gasteiger partial charge in [0.25, 0.3) is 11.8 Å². The van der Waals surface area contributed by atoms with Crippen LogP contribution in [0.2, 0.25) is 0 Å². The lowest BCUT2D eigenvalue weighted by Gasteiger charge is -2.27. The third-order valence-corrected chi connectivity index (χ3v) is 5.72. The van der Waals surface area contributed by atoms with E-state index in [1.165, 1.54) is 29.3 Å². The fourth-order valence-corrected chi connectivity index (χ4v) is 4.20. The van der Waals surface area contributed by atoms with Crippen LogP contribution in [-0.4, -0.2) is 33.0 Å². The van der Waals surface area contributed by atoms with Crippen molar-refractivity contribution in [2.45, 2.75) is 32.4 Å². The summed E-state index contributed by atoms with van der Waals surface area (Å²) >= 11 is 0. The van der Waals surface area contributed by atoms with Gasteiger partial charge in [-0.1, -0.05) is 18.2 Å². The van der Waals surface area contributed by atoms with E-state index in [9.17, 15) is 14.0 Å². The molecule has 2 amide bonds. The van der Waals surface area contributed by atoms with E-state index < -0.39 is 0 Å². The van der Waals surface area contributed by atoms with Gasteiger partial charge in [0.2, 0.25) is 0 Å². The summed E-state index contributed by atoms with van der Waals surface area (Å²) in [6.07, 6.45) is 3.27. The van der Waals surface area contributed by atoms with Crippen LogP contribution in [-0.2, 0) is 25.9 Å². The summed E-state index contributed by atoms with van der Waals surface area (Å²) in [6, 6.07) is 13.7. The largest absolute Gasteiger partial charge is 0.331 e. The molecular formula is C23H21FN4O2. The molecule has 2 heterocycles. The van der Waals surface area contributed by atoms with Gasteiger partial charge in [0.05, 0.1) is 6.54 Å². The summed E-state index contributed by atoms with van der Waals surface area (Å²) in [4.78, 5) is 27.2. The Morgan fingerprint density at radius 1 is 1.07 bits per heavy atom. The molecule has 0 bridgehead atoms. The average Bonchev–Trinajstić information content (AvgIpc) is 3.37. The molecule has 3 aromatic rings. The third kappa shape index (κ3) is 3.47. The van der Waals surface area contributed by atoms with Crippen molar-refractivity contribution in [3.05, 3.63) is 82.4 Å². The number of amides is 2. The molecule has 7 heteroatoms. The zero-order valence-corrected chi connectivity index (χ0v) is 16.4. The number of nitrogens with one attached hydrogen (secondary N) is 1. The van der Waals surface area contributed by atoms with Gasteiger partial charge in [0.15, 0.2) is 5.69 Å². The molecule has 1 N–H and O–H groups in total. The van der Waals surface area contributed by atoms with Gasteiger partial charge in [-0.2, -0.15) is 5.10 Å². The standard InChI is InChI=1S/C23H21FN4O2/c24-18-6-1-3-15(11-18)14-27-9-10-28-21(23(27)30)13-20(26-28)22(29)25-19-8-7-16-4-2-5-17(16)12-19/h1,3,6-8,11-13H,2,4-5,9-10,14H2,(H,25,29). The van der Waals surface area contributed by atoms with Gasteiger partial charge in [-0.05, 0) is 60.2 Å². The fraction of sp³-hybridized carbons (Fsp3) is 0.261. The number of rotatable bonds is 4. The molecule has 0 fully saturated rings. The molecule has 0 spiro atoms. The van der Waals surface area contributed by atoms with Crippen LogP contribution < -0.4 is 5.32 Å². The first-order valence-corrected chi connectivity index (χ1v) is 10.1. The average molecular weight is 404 g/mol. The van der Waals surface area contributed by atoms with Crippen molar-refractivity contribution in [1.82, 2.24) is 14.7 Å². The Hall–Kier alpha value is -3.48. The minimum atomic E-state index is -0.334. The van der Waals surface area contributed by atoms with Crippen molar-refractivity contribution in [3.63, 3.8) is 0 Å². The number of aromatic nitrogens is 2. The molecule has 5 rings (SSSR count). The van der Waals surface area contributed by atoms with Crippen LogP contribution in [0.3, 0.4) is 0 Å². The molecule has 2 aromatic carbocycles. The van der Waals surface area contributed by atoms with Gasteiger partial charge in [-0.3, -0.25) is 14.3 Å². The van der Waals surface area contributed by atoms with Gasteiger partial charge in [-0.15, -0.1) is 0 Å². The van der Waals surface area contributed by atoms with Crippen molar-refractivity contribution in [2.75, 3.05) is 11.9 Å². The first-order chi connectivity index (χ1) is 14.6. The van der Waals surface area contributed by atoms with Crippen LogP contribution in [0.15, 0.2) is 48.5 Å². The highest BCUT2D eigenvalue weighted by Crippen LogP contribution is 2.25. The van der Waals surface area contributed by atoms with E-state index in [-0.39, 0.29) is 23.3 Å². The number of anilines is 1. The second-order valence-corrected chi connectivity index (χ2v) is 7.79. The van der Waals surface area contributed by atoms with Gasteiger partial charge >= 0.3 is 0 Å². The van der Waals surface area contributed by atoms with E-state index in [0.717, 1.165) is 30.5 Å². The third-order valence-electron chi connectivity index (χ3n) is 5.72. The first kappa shape index (κ1) is 18.5. The lowest BCUT2D eigenvalue weighted by molar-refractivity contribution is 0.0683. The van der Waals surface area contributed by atoms with Crippen LogP contribution >= 0.6 is 0 Å². The SMILES string of the molecule is O=C(Nc1ccc2c(c1)CCC2)c1cc2n(n1)CCN(Cc1cccc(F)c1)C2=O.